The topological polar surface area (TPSA) is 67.4 Å². The number of rotatable bonds is 6. The molecular formula is C16H24N2O3. The van der Waals surface area contributed by atoms with Gasteiger partial charge in [-0.2, -0.15) is 0 Å². The zero-order valence-corrected chi connectivity index (χ0v) is 13.1. The van der Waals surface area contributed by atoms with Crippen molar-refractivity contribution in [3.63, 3.8) is 0 Å². The second-order valence-electron chi connectivity index (χ2n) is 5.39. The summed E-state index contributed by atoms with van der Waals surface area (Å²) in [6, 6.07) is 7.81. The highest BCUT2D eigenvalue weighted by Crippen LogP contribution is 2.19. The molecule has 116 valence electrons. The van der Waals surface area contributed by atoms with Crippen LogP contribution in [0, 0.1) is 12.8 Å². The first-order chi connectivity index (χ1) is 9.95. The van der Waals surface area contributed by atoms with E-state index in [2.05, 4.69) is 10.6 Å². The van der Waals surface area contributed by atoms with Crippen molar-refractivity contribution >= 4 is 11.8 Å². The van der Waals surface area contributed by atoms with Crippen molar-refractivity contribution in [2.24, 2.45) is 5.92 Å². The molecule has 0 spiro atoms. The van der Waals surface area contributed by atoms with Crippen molar-refractivity contribution in [3.05, 3.63) is 35.4 Å². The Bertz CT molecular complexity index is 486. The quantitative estimate of drug-likeness (QED) is 0.782. The van der Waals surface area contributed by atoms with E-state index in [1.807, 2.05) is 45.0 Å². The maximum atomic E-state index is 11.7. The van der Waals surface area contributed by atoms with Gasteiger partial charge >= 0.3 is 11.8 Å². The van der Waals surface area contributed by atoms with E-state index in [9.17, 15) is 9.59 Å². The van der Waals surface area contributed by atoms with E-state index in [-0.39, 0.29) is 12.6 Å². The molecule has 21 heavy (non-hydrogen) atoms. The normalized spacial score (nSPS) is 12.0. The number of benzene rings is 1. The summed E-state index contributed by atoms with van der Waals surface area (Å²) < 4.78 is 5.40. The number of aryl methyl sites for hydroxylation is 1. The van der Waals surface area contributed by atoms with Crippen molar-refractivity contribution in [2.45, 2.75) is 26.9 Å². The second-order valence-corrected chi connectivity index (χ2v) is 5.39. The number of hydrogen-bond acceptors (Lipinski definition) is 3. The lowest BCUT2D eigenvalue weighted by atomic mass is 10.0. The molecule has 0 fully saturated rings. The van der Waals surface area contributed by atoms with Crippen LogP contribution in [0.15, 0.2) is 24.3 Å². The van der Waals surface area contributed by atoms with Crippen LogP contribution < -0.4 is 10.6 Å². The van der Waals surface area contributed by atoms with E-state index in [1.165, 1.54) is 0 Å². The highest BCUT2D eigenvalue weighted by molar-refractivity contribution is 6.35. The van der Waals surface area contributed by atoms with Crippen LogP contribution in [0.2, 0.25) is 0 Å². The Labute approximate surface area is 126 Å². The van der Waals surface area contributed by atoms with Crippen LogP contribution in [0.3, 0.4) is 0 Å². The summed E-state index contributed by atoms with van der Waals surface area (Å²) in [5.74, 6) is -0.935. The first kappa shape index (κ1) is 17.2. The lowest BCUT2D eigenvalue weighted by Gasteiger charge is -2.18. The molecule has 0 aromatic heterocycles. The molecule has 2 N–H and O–H groups in total. The summed E-state index contributed by atoms with van der Waals surface area (Å²) in [5, 5.41) is 5.19. The number of carbonyl (C=O) groups excluding carboxylic acids is 2. The van der Waals surface area contributed by atoms with Gasteiger partial charge in [0.25, 0.3) is 0 Å². The molecule has 2 amide bonds. The predicted molar refractivity (Wildman–Crippen MR) is 81.8 cm³/mol. The van der Waals surface area contributed by atoms with Gasteiger partial charge in [0, 0.05) is 20.2 Å². The smallest absolute Gasteiger partial charge is 0.309 e. The van der Waals surface area contributed by atoms with Crippen LogP contribution in [-0.2, 0) is 14.3 Å². The third-order valence-corrected chi connectivity index (χ3v) is 3.14. The summed E-state index contributed by atoms with van der Waals surface area (Å²) in [6.07, 6.45) is -0.270. The molecule has 5 nitrogen and oxygen atoms in total. The van der Waals surface area contributed by atoms with Gasteiger partial charge in [-0.1, -0.05) is 38.1 Å². The number of nitrogens with one attached hydrogen (secondary N) is 2. The van der Waals surface area contributed by atoms with E-state index >= 15 is 0 Å². The number of carbonyl (C=O) groups is 2. The number of methoxy groups -OCH3 is 1. The molecule has 0 bridgehead atoms. The Kier molecular flexibility index (Phi) is 6.88. The minimum atomic E-state index is -0.633. The van der Waals surface area contributed by atoms with Crippen LogP contribution in [0.5, 0.6) is 0 Å². The van der Waals surface area contributed by atoms with Crippen LogP contribution in [0.1, 0.15) is 31.1 Å². The van der Waals surface area contributed by atoms with Gasteiger partial charge < -0.3 is 15.4 Å². The zero-order chi connectivity index (χ0) is 15.8. The maximum Gasteiger partial charge on any atom is 0.309 e. The Balaban J connectivity index is 2.54. The molecular weight excluding hydrogens is 268 g/mol. The second kappa shape index (κ2) is 8.42. The molecule has 1 aromatic rings. The molecule has 0 aliphatic carbocycles. The first-order valence-corrected chi connectivity index (χ1v) is 7.10. The SMILES string of the molecule is COC(CNC(=O)C(=O)NCC(C)C)c1ccccc1C. The molecule has 0 saturated carbocycles. The van der Waals surface area contributed by atoms with Crippen LogP contribution >= 0.6 is 0 Å². The Morgan fingerprint density at radius 3 is 2.19 bits per heavy atom. The summed E-state index contributed by atoms with van der Waals surface area (Å²) in [6.45, 7) is 6.67. The molecule has 0 heterocycles. The van der Waals surface area contributed by atoms with E-state index in [0.29, 0.717) is 12.5 Å². The molecule has 1 aromatic carbocycles. The fourth-order valence-corrected chi connectivity index (χ4v) is 1.91. The third kappa shape index (κ3) is 5.55. The monoisotopic (exact) mass is 292 g/mol. The van der Waals surface area contributed by atoms with E-state index < -0.39 is 11.8 Å². The average molecular weight is 292 g/mol. The van der Waals surface area contributed by atoms with Crippen LogP contribution in [0.4, 0.5) is 0 Å². The fraction of sp³-hybridized carbons (Fsp3) is 0.500. The van der Waals surface area contributed by atoms with Gasteiger partial charge in [-0.3, -0.25) is 9.59 Å². The molecule has 0 aliphatic rings. The number of amides is 2. The highest BCUT2D eigenvalue weighted by Gasteiger charge is 2.17. The molecule has 5 heteroatoms. The van der Waals surface area contributed by atoms with Crippen molar-refractivity contribution in [1.29, 1.82) is 0 Å². The molecule has 1 rings (SSSR count). The minimum Gasteiger partial charge on any atom is -0.375 e. The lowest BCUT2D eigenvalue weighted by molar-refractivity contribution is -0.139. The molecule has 0 radical (unpaired) electrons. The lowest BCUT2D eigenvalue weighted by Crippen LogP contribution is -2.42. The van der Waals surface area contributed by atoms with Gasteiger partial charge in [0.05, 0.1) is 6.10 Å². The van der Waals surface area contributed by atoms with Gasteiger partial charge in [0.2, 0.25) is 0 Å². The van der Waals surface area contributed by atoms with Crippen molar-refractivity contribution in [2.75, 3.05) is 20.2 Å². The summed E-state index contributed by atoms with van der Waals surface area (Å²) in [4.78, 5) is 23.3. The summed E-state index contributed by atoms with van der Waals surface area (Å²) >= 11 is 0. The molecule has 1 atom stereocenters. The van der Waals surface area contributed by atoms with Crippen LogP contribution in [0.25, 0.3) is 0 Å². The average Bonchev–Trinajstić information content (AvgIpc) is 2.46. The molecule has 1 unspecified atom stereocenters. The molecule has 0 saturated heterocycles. The maximum absolute atomic E-state index is 11.7. The van der Waals surface area contributed by atoms with Gasteiger partial charge in [-0.25, -0.2) is 0 Å². The highest BCUT2D eigenvalue weighted by atomic mass is 16.5. The Hall–Kier alpha value is -1.88. The van der Waals surface area contributed by atoms with Crippen LogP contribution in [-0.4, -0.2) is 32.0 Å². The van der Waals surface area contributed by atoms with E-state index in [1.54, 1.807) is 7.11 Å². The summed E-state index contributed by atoms with van der Waals surface area (Å²) in [7, 11) is 1.59. The third-order valence-electron chi connectivity index (χ3n) is 3.14. The van der Waals surface area contributed by atoms with Crippen molar-refractivity contribution in [1.82, 2.24) is 10.6 Å². The van der Waals surface area contributed by atoms with Gasteiger partial charge in [0.1, 0.15) is 0 Å². The number of ether oxygens (including phenoxy) is 1. The zero-order valence-electron chi connectivity index (χ0n) is 13.1. The van der Waals surface area contributed by atoms with E-state index in [4.69, 9.17) is 4.74 Å². The van der Waals surface area contributed by atoms with E-state index in [0.717, 1.165) is 11.1 Å². The first-order valence-electron chi connectivity index (χ1n) is 7.10. The largest absolute Gasteiger partial charge is 0.375 e. The Morgan fingerprint density at radius 1 is 1.10 bits per heavy atom. The standard InChI is InChI=1S/C16H24N2O3/c1-11(2)9-17-15(19)16(20)18-10-14(21-4)13-8-6-5-7-12(13)3/h5-8,11,14H,9-10H2,1-4H3,(H,17,19)(H,18,20). The fourth-order valence-electron chi connectivity index (χ4n) is 1.91. The van der Waals surface area contributed by atoms with Gasteiger partial charge in [-0.05, 0) is 24.0 Å². The summed E-state index contributed by atoms with van der Waals surface area (Å²) in [5.41, 5.74) is 2.09. The minimum absolute atomic E-state index is 0.259. The number of hydrogen-bond donors (Lipinski definition) is 2. The Morgan fingerprint density at radius 2 is 1.67 bits per heavy atom. The van der Waals surface area contributed by atoms with Crippen molar-refractivity contribution < 1.29 is 14.3 Å². The van der Waals surface area contributed by atoms with Gasteiger partial charge in [-0.15, -0.1) is 0 Å². The molecule has 0 aliphatic heterocycles. The van der Waals surface area contributed by atoms with Crippen molar-refractivity contribution in [3.8, 4) is 0 Å². The predicted octanol–water partition coefficient (Wildman–Crippen LogP) is 1.57. The van der Waals surface area contributed by atoms with Gasteiger partial charge in [0.15, 0.2) is 0 Å².